The maximum atomic E-state index is 12.9. The second-order valence-corrected chi connectivity index (χ2v) is 6.88. The molecule has 6 heteroatoms. The highest BCUT2D eigenvalue weighted by Crippen LogP contribution is 2.10. The number of aryl methyl sites for hydroxylation is 1. The fraction of sp³-hybridized carbons (Fsp3) is 0.684. The number of aromatic nitrogens is 1. The zero-order chi connectivity index (χ0) is 18.8. The molecule has 25 heavy (non-hydrogen) atoms. The van der Waals surface area contributed by atoms with E-state index >= 15 is 0 Å². The van der Waals surface area contributed by atoms with Crippen LogP contribution in [-0.4, -0.2) is 59.5 Å². The number of amides is 2. The molecule has 0 unspecified atom stereocenters. The van der Waals surface area contributed by atoms with Gasteiger partial charge in [-0.2, -0.15) is 0 Å². The highest BCUT2D eigenvalue weighted by molar-refractivity contribution is 5.85. The van der Waals surface area contributed by atoms with Crippen molar-refractivity contribution in [2.75, 3.05) is 33.4 Å². The summed E-state index contributed by atoms with van der Waals surface area (Å²) in [6.45, 7) is 8.20. The molecule has 1 aromatic rings. The van der Waals surface area contributed by atoms with Gasteiger partial charge in [-0.1, -0.05) is 27.2 Å². The third-order valence-electron chi connectivity index (χ3n) is 4.07. The minimum absolute atomic E-state index is 0.0129. The van der Waals surface area contributed by atoms with Gasteiger partial charge in [-0.05, 0) is 24.5 Å². The van der Waals surface area contributed by atoms with Gasteiger partial charge in [0.15, 0.2) is 0 Å². The van der Waals surface area contributed by atoms with Crippen LogP contribution in [0, 0.1) is 5.92 Å². The van der Waals surface area contributed by atoms with E-state index in [4.69, 9.17) is 4.74 Å². The Labute approximate surface area is 151 Å². The zero-order valence-corrected chi connectivity index (χ0v) is 16.3. The van der Waals surface area contributed by atoms with Crippen molar-refractivity contribution in [2.24, 2.45) is 13.0 Å². The molecule has 0 bridgehead atoms. The van der Waals surface area contributed by atoms with Crippen molar-refractivity contribution in [1.82, 2.24) is 14.4 Å². The van der Waals surface area contributed by atoms with E-state index in [-0.39, 0.29) is 25.0 Å². The number of rotatable bonds is 11. The molecule has 6 nitrogen and oxygen atoms in total. The quantitative estimate of drug-likeness (QED) is 0.615. The highest BCUT2D eigenvalue weighted by Gasteiger charge is 2.22. The van der Waals surface area contributed by atoms with Crippen LogP contribution in [0.15, 0.2) is 18.3 Å². The Bertz CT molecular complexity index is 540. The SMILES string of the molecule is CCCCN(CC(=O)N(Cc1cccn1C)CC(C)C)C(=O)COC. The average Bonchev–Trinajstić information content (AvgIpc) is 2.95. The van der Waals surface area contributed by atoms with Crippen molar-refractivity contribution in [2.45, 2.75) is 40.2 Å². The van der Waals surface area contributed by atoms with Crippen LogP contribution < -0.4 is 0 Å². The fourth-order valence-corrected chi connectivity index (χ4v) is 2.67. The molecular weight excluding hydrogens is 318 g/mol. The van der Waals surface area contributed by atoms with Crippen LogP contribution in [0.5, 0.6) is 0 Å². The first-order chi connectivity index (χ1) is 11.9. The van der Waals surface area contributed by atoms with Gasteiger partial charge in [0.1, 0.15) is 6.61 Å². The summed E-state index contributed by atoms with van der Waals surface area (Å²) in [4.78, 5) is 28.6. The number of ether oxygens (including phenoxy) is 1. The van der Waals surface area contributed by atoms with Crippen LogP contribution in [0.25, 0.3) is 0 Å². The molecule has 1 heterocycles. The Morgan fingerprint density at radius 1 is 1.24 bits per heavy atom. The lowest BCUT2D eigenvalue weighted by molar-refractivity contribution is -0.143. The molecule has 0 saturated carbocycles. The molecular formula is C19H33N3O3. The maximum absolute atomic E-state index is 12.9. The van der Waals surface area contributed by atoms with Gasteiger partial charge in [0.25, 0.3) is 0 Å². The van der Waals surface area contributed by atoms with Gasteiger partial charge in [0, 0.05) is 39.1 Å². The monoisotopic (exact) mass is 351 g/mol. The van der Waals surface area contributed by atoms with E-state index < -0.39 is 0 Å². The number of carbonyl (C=O) groups is 2. The van der Waals surface area contributed by atoms with Gasteiger partial charge >= 0.3 is 0 Å². The second kappa shape index (κ2) is 10.9. The normalized spacial score (nSPS) is 11.0. The standard InChI is InChI=1S/C19H33N3O3/c1-6-7-11-21(19(24)15-25-5)14-18(23)22(12-16(2)3)13-17-9-8-10-20(17)4/h8-10,16H,6-7,11-15H2,1-5H3. The van der Waals surface area contributed by atoms with Crippen molar-refractivity contribution in [3.05, 3.63) is 24.0 Å². The number of hydrogen-bond donors (Lipinski definition) is 0. The topological polar surface area (TPSA) is 54.8 Å². The third-order valence-corrected chi connectivity index (χ3v) is 4.07. The van der Waals surface area contributed by atoms with Gasteiger partial charge in [-0.25, -0.2) is 0 Å². The van der Waals surface area contributed by atoms with E-state index in [1.165, 1.54) is 7.11 Å². The molecule has 0 aliphatic heterocycles. The molecule has 0 N–H and O–H groups in total. The highest BCUT2D eigenvalue weighted by atomic mass is 16.5. The Kier molecular flexibility index (Phi) is 9.27. The lowest BCUT2D eigenvalue weighted by Crippen LogP contribution is -2.45. The largest absolute Gasteiger partial charge is 0.375 e. The van der Waals surface area contributed by atoms with E-state index in [1.807, 2.05) is 34.8 Å². The fourth-order valence-electron chi connectivity index (χ4n) is 2.67. The van der Waals surface area contributed by atoms with Gasteiger partial charge in [0.2, 0.25) is 11.8 Å². The average molecular weight is 351 g/mol. The minimum atomic E-state index is -0.132. The van der Waals surface area contributed by atoms with Gasteiger partial charge < -0.3 is 19.1 Å². The van der Waals surface area contributed by atoms with Gasteiger partial charge in [-0.15, -0.1) is 0 Å². The number of nitrogens with zero attached hydrogens (tertiary/aromatic N) is 3. The molecule has 0 atom stereocenters. The lowest BCUT2D eigenvalue weighted by Gasteiger charge is -2.29. The van der Waals surface area contributed by atoms with Gasteiger partial charge in [-0.3, -0.25) is 9.59 Å². The second-order valence-electron chi connectivity index (χ2n) is 6.88. The predicted octanol–water partition coefficient (Wildman–Crippen LogP) is 2.28. The van der Waals surface area contributed by atoms with Crippen LogP contribution in [0.3, 0.4) is 0 Å². The Balaban J connectivity index is 2.82. The molecule has 1 rings (SSSR count). The minimum Gasteiger partial charge on any atom is -0.375 e. The summed E-state index contributed by atoms with van der Waals surface area (Å²) >= 11 is 0. The summed E-state index contributed by atoms with van der Waals surface area (Å²) in [6, 6.07) is 3.99. The number of methoxy groups -OCH3 is 1. The molecule has 0 aliphatic carbocycles. The smallest absolute Gasteiger partial charge is 0.249 e. The summed E-state index contributed by atoms with van der Waals surface area (Å²) < 4.78 is 6.97. The molecule has 142 valence electrons. The summed E-state index contributed by atoms with van der Waals surface area (Å²) in [7, 11) is 3.47. The van der Waals surface area contributed by atoms with Gasteiger partial charge in [0.05, 0.1) is 13.1 Å². The maximum Gasteiger partial charge on any atom is 0.249 e. The predicted molar refractivity (Wildman–Crippen MR) is 99.0 cm³/mol. The van der Waals surface area contributed by atoms with E-state index in [0.29, 0.717) is 25.6 Å². The van der Waals surface area contributed by atoms with Crippen molar-refractivity contribution in [1.29, 1.82) is 0 Å². The van der Waals surface area contributed by atoms with Crippen LogP contribution in [-0.2, 0) is 27.9 Å². The van der Waals surface area contributed by atoms with E-state index in [2.05, 4.69) is 20.8 Å². The summed E-state index contributed by atoms with van der Waals surface area (Å²) in [6.07, 6.45) is 3.83. The molecule has 0 fully saturated rings. The Hall–Kier alpha value is -1.82. The molecule has 0 spiro atoms. The summed E-state index contributed by atoms with van der Waals surface area (Å²) in [5.74, 6) is 0.214. The van der Waals surface area contributed by atoms with E-state index in [0.717, 1.165) is 18.5 Å². The first-order valence-corrected chi connectivity index (χ1v) is 9.03. The van der Waals surface area contributed by atoms with Crippen LogP contribution in [0.4, 0.5) is 0 Å². The first-order valence-electron chi connectivity index (χ1n) is 9.03. The molecule has 0 aliphatic rings. The Morgan fingerprint density at radius 3 is 2.48 bits per heavy atom. The summed E-state index contributed by atoms with van der Waals surface area (Å²) in [5, 5.41) is 0. The number of carbonyl (C=O) groups excluding carboxylic acids is 2. The number of unbranched alkanes of at least 4 members (excludes halogenated alkanes) is 1. The lowest BCUT2D eigenvalue weighted by atomic mass is 10.2. The zero-order valence-electron chi connectivity index (χ0n) is 16.3. The third kappa shape index (κ3) is 7.30. The first kappa shape index (κ1) is 21.2. The molecule has 1 aromatic heterocycles. The summed E-state index contributed by atoms with van der Waals surface area (Å²) in [5.41, 5.74) is 1.08. The van der Waals surface area contributed by atoms with Crippen molar-refractivity contribution < 1.29 is 14.3 Å². The van der Waals surface area contributed by atoms with Crippen LogP contribution in [0.2, 0.25) is 0 Å². The molecule has 0 radical (unpaired) electrons. The van der Waals surface area contributed by atoms with Crippen molar-refractivity contribution >= 4 is 11.8 Å². The Morgan fingerprint density at radius 2 is 1.96 bits per heavy atom. The van der Waals surface area contributed by atoms with Crippen molar-refractivity contribution in [3.63, 3.8) is 0 Å². The van der Waals surface area contributed by atoms with E-state index in [9.17, 15) is 9.59 Å². The molecule has 2 amide bonds. The van der Waals surface area contributed by atoms with Crippen molar-refractivity contribution in [3.8, 4) is 0 Å². The van der Waals surface area contributed by atoms with Crippen LogP contribution in [0.1, 0.15) is 39.3 Å². The molecule has 0 aromatic carbocycles. The van der Waals surface area contributed by atoms with Crippen LogP contribution >= 0.6 is 0 Å². The van der Waals surface area contributed by atoms with E-state index in [1.54, 1.807) is 4.90 Å². The number of hydrogen-bond acceptors (Lipinski definition) is 3. The molecule has 0 saturated heterocycles.